The van der Waals surface area contributed by atoms with Gasteiger partial charge >= 0.3 is 0 Å². The minimum absolute atomic E-state index is 0.0183. The Morgan fingerprint density at radius 1 is 1.02 bits per heavy atom. The summed E-state index contributed by atoms with van der Waals surface area (Å²) in [6.45, 7) is 6.06. The number of amides is 3. The predicted octanol–water partition coefficient (Wildman–Crippen LogP) is 4.42. The maximum Gasteiger partial charge on any atom is 0.251 e. The van der Waals surface area contributed by atoms with Crippen LogP contribution in [-0.2, 0) is 16.1 Å². The van der Waals surface area contributed by atoms with Crippen LogP contribution >= 0.6 is 0 Å². The van der Waals surface area contributed by atoms with Gasteiger partial charge in [-0.15, -0.1) is 0 Å². The Hall–Kier alpha value is -3.37. The van der Waals surface area contributed by atoms with Crippen molar-refractivity contribution in [2.24, 2.45) is 0 Å². The van der Waals surface area contributed by atoms with Crippen LogP contribution in [-0.4, -0.2) is 82.6 Å². The van der Waals surface area contributed by atoms with E-state index in [-0.39, 0.29) is 17.7 Å². The van der Waals surface area contributed by atoms with Crippen LogP contribution in [0.4, 0.5) is 0 Å². The summed E-state index contributed by atoms with van der Waals surface area (Å²) in [4.78, 5) is 44.1. The topological polar surface area (TPSA) is 124 Å². The van der Waals surface area contributed by atoms with Crippen LogP contribution in [0.5, 0.6) is 5.75 Å². The molecule has 10 heteroatoms. The number of nitrogens with one attached hydrogen (secondary N) is 2. The molecule has 3 N–H and O–H groups in total. The third-order valence-electron chi connectivity index (χ3n) is 9.85. The highest BCUT2D eigenvalue weighted by Crippen LogP contribution is 2.37. The molecule has 1 atom stereocenters. The lowest BCUT2D eigenvalue weighted by atomic mass is 9.77. The molecule has 3 fully saturated rings. The summed E-state index contributed by atoms with van der Waals surface area (Å²) >= 11 is 0. The summed E-state index contributed by atoms with van der Waals surface area (Å²) < 4.78 is 11.2. The summed E-state index contributed by atoms with van der Waals surface area (Å²) in [6.07, 6.45) is 11.3. The molecule has 2 aliphatic heterocycles. The van der Waals surface area contributed by atoms with E-state index in [1.807, 2.05) is 23.1 Å². The number of furan rings is 1. The number of likely N-dealkylation sites (tertiary alicyclic amines) is 1. The van der Waals surface area contributed by atoms with Gasteiger partial charge in [0.25, 0.3) is 5.91 Å². The Bertz CT molecular complexity index is 1250. The van der Waals surface area contributed by atoms with Crippen LogP contribution in [0.25, 0.3) is 0 Å². The van der Waals surface area contributed by atoms with Crippen LogP contribution in [0.2, 0.25) is 0 Å². The first-order chi connectivity index (χ1) is 21.8. The predicted molar refractivity (Wildman–Crippen MR) is 171 cm³/mol. The van der Waals surface area contributed by atoms with E-state index in [1.54, 1.807) is 24.5 Å². The molecule has 10 nitrogen and oxygen atoms in total. The maximum absolute atomic E-state index is 13.8. The Kier molecular flexibility index (Phi) is 11.2. The zero-order valence-corrected chi connectivity index (χ0v) is 26.7. The van der Waals surface area contributed by atoms with Crippen LogP contribution in [0, 0.1) is 0 Å². The lowest BCUT2D eigenvalue weighted by Gasteiger charge is -2.52. The average molecular weight is 623 g/mol. The molecular weight excluding hydrogens is 572 g/mol. The maximum atomic E-state index is 13.8. The van der Waals surface area contributed by atoms with Gasteiger partial charge in [0, 0.05) is 31.6 Å². The van der Waals surface area contributed by atoms with E-state index in [9.17, 15) is 19.5 Å². The normalized spacial score (nSPS) is 21.5. The molecule has 2 saturated heterocycles. The number of piperazine rings is 1. The lowest BCUT2D eigenvalue weighted by Crippen LogP contribution is -2.73. The first-order valence-electron chi connectivity index (χ1n) is 16.9. The highest BCUT2D eigenvalue weighted by Gasteiger charge is 2.54. The quantitative estimate of drug-likeness (QED) is 0.267. The number of hydrogen-bond acceptors (Lipinski definition) is 7. The molecule has 2 aromatic rings. The van der Waals surface area contributed by atoms with Gasteiger partial charge in [-0.05, 0) is 87.9 Å². The van der Waals surface area contributed by atoms with E-state index >= 15 is 0 Å². The van der Waals surface area contributed by atoms with Crippen molar-refractivity contribution in [2.75, 3.05) is 32.8 Å². The van der Waals surface area contributed by atoms with Gasteiger partial charge in [0.05, 0.1) is 25.0 Å². The molecule has 246 valence electrons. The number of carbonyl (C=O) groups excluding carboxylic acids is 3. The fourth-order valence-corrected chi connectivity index (χ4v) is 7.10. The third-order valence-corrected chi connectivity index (χ3v) is 9.85. The van der Waals surface area contributed by atoms with Gasteiger partial charge in [-0.25, -0.2) is 0 Å². The number of benzene rings is 1. The number of unbranched alkanes of at least 4 members (excludes halogenated alkanes) is 2. The van der Waals surface area contributed by atoms with Gasteiger partial charge in [0.1, 0.15) is 23.1 Å². The van der Waals surface area contributed by atoms with Gasteiger partial charge in [0.15, 0.2) is 0 Å². The molecule has 0 radical (unpaired) electrons. The largest absolute Gasteiger partial charge is 0.494 e. The molecular formula is C35H50N4O6. The van der Waals surface area contributed by atoms with E-state index in [0.29, 0.717) is 63.1 Å². The van der Waals surface area contributed by atoms with Crippen molar-refractivity contribution in [3.63, 3.8) is 0 Å². The molecule has 0 unspecified atom stereocenters. The fourth-order valence-electron chi connectivity index (χ4n) is 7.10. The van der Waals surface area contributed by atoms with Crippen LogP contribution < -0.4 is 15.4 Å². The Labute approximate surface area is 266 Å². The molecule has 1 aromatic heterocycles. The van der Waals surface area contributed by atoms with E-state index in [2.05, 4.69) is 22.5 Å². The summed E-state index contributed by atoms with van der Waals surface area (Å²) in [5.41, 5.74) is -1.09. The lowest BCUT2D eigenvalue weighted by molar-refractivity contribution is -0.163. The second-order valence-electron chi connectivity index (χ2n) is 13.1. The van der Waals surface area contributed by atoms with E-state index < -0.39 is 17.2 Å². The van der Waals surface area contributed by atoms with Crippen molar-refractivity contribution < 1.29 is 28.6 Å². The van der Waals surface area contributed by atoms with Crippen molar-refractivity contribution in [1.82, 2.24) is 20.4 Å². The van der Waals surface area contributed by atoms with E-state index in [4.69, 9.17) is 9.15 Å². The zero-order chi connectivity index (χ0) is 31.7. The molecule has 1 saturated carbocycles. The molecule has 3 heterocycles. The Morgan fingerprint density at radius 3 is 2.47 bits per heavy atom. The molecule has 1 aliphatic carbocycles. The molecule has 1 aromatic carbocycles. The van der Waals surface area contributed by atoms with Crippen LogP contribution in [0.15, 0.2) is 47.1 Å². The number of piperidine rings is 1. The SMILES string of the molecule is CCCCN1C(=O)[C@@H](CC2(O)CCCCC2)NC(=O)C12CCN(CCCCOc1ccc(C(=O)NCc3ccco3)cc1)CC2. The number of nitrogens with zero attached hydrogens (tertiary/aromatic N) is 2. The highest BCUT2D eigenvalue weighted by atomic mass is 16.5. The third kappa shape index (κ3) is 8.27. The number of carbonyl (C=O) groups is 3. The molecule has 5 rings (SSSR count). The molecule has 1 spiro atoms. The minimum Gasteiger partial charge on any atom is -0.494 e. The summed E-state index contributed by atoms with van der Waals surface area (Å²) in [5.74, 6) is 1.21. The van der Waals surface area contributed by atoms with Gasteiger partial charge in [-0.3, -0.25) is 14.4 Å². The number of ether oxygens (including phenoxy) is 1. The van der Waals surface area contributed by atoms with Crippen molar-refractivity contribution >= 4 is 17.7 Å². The number of rotatable bonds is 14. The molecule has 45 heavy (non-hydrogen) atoms. The zero-order valence-electron chi connectivity index (χ0n) is 26.7. The number of hydrogen-bond donors (Lipinski definition) is 3. The average Bonchev–Trinajstić information content (AvgIpc) is 3.58. The van der Waals surface area contributed by atoms with Crippen LogP contribution in [0.3, 0.4) is 0 Å². The summed E-state index contributed by atoms with van der Waals surface area (Å²) in [6, 6.07) is 10.1. The first-order valence-corrected chi connectivity index (χ1v) is 16.9. The van der Waals surface area contributed by atoms with Crippen molar-refractivity contribution in [1.29, 1.82) is 0 Å². The highest BCUT2D eigenvalue weighted by molar-refractivity contribution is 6.00. The van der Waals surface area contributed by atoms with Crippen LogP contribution in [0.1, 0.15) is 100 Å². The smallest absolute Gasteiger partial charge is 0.251 e. The van der Waals surface area contributed by atoms with Crippen molar-refractivity contribution in [3.05, 3.63) is 54.0 Å². The molecule has 3 amide bonds. The number of aliphatic hydroxyl groups is 1. The Morgan fingerprint density at radius 2 is 1.78 bits per heavy atom. The van der Waals surface area contributed by atoms with Gasteiger partial charge < -0.3 is 34.7 Å². The van der Waals surface area contributed by atoms with E-state index in [1.165, 1.54) is 0 Å². The second-order valence-corrected chi connectivity index (χ2v) is 13.1. The second kappa shape index (κ2) is 15.3. The summed E-state index contributed by atoms with van der Waals surface area (Å²) in [7, 11) is 0. The molecule has 0 bridgehead atoms. The van der Waals surface area contributed by atoms with Crippen molar-refractivity contribution in [2.45, 2.75) is 108 Å². The van der Waals surface area contributed by atoms with Gasteiger partial charge in [-0.2, -0.15) is 0 Å². The minimum atomic E-state index is -0.860. The summed E-state index contributed by atoms with van der Waals surface area (Å²) in [5, 5.41) is 17.0. The molecule has 3 aliphatic rings. The van der Waals surface area contributed by atoms with Crippen molar-refractivity contribution in [3.8, 4) is 5.75 Å². The fraction of sp³-hybridized carbons (Fsp3) is 0.629. The monoisotopic (exact) mass is 622 g/mol. The van der Waals surface area contributed by atoms with Gasteiger partial charge in [0.2, 0.25) is 11.8 Å². The Balaban J connectivity index is 1.04. The standard InChI is InChI=1S/C35H50N4O6/c1-2-3-20-39-32(41)30(25-34(43)15-5-4-6-16-34)37-33(42)35(39)17-21-38(22-18-35)19-7-8-23-44-28-13-11-27(12-14-28)31(40)36-26-29-10-9-24-45-29/h9-14,24,30,43H,2-8,15-23,25-26H2,1H3,(H,36,40)(H,37,42)/t30-/m1/s1. The van der Waals surface area contributed by atoms with Gasteiger partial charge in [-0.1, -0.05) is 32.6 Å². The first kappa shape index (κ1) is 33.0. The van der Waals surface area contributed by atoms with E-state index in [0.717, 1.165) is 70.3 Å².